The first-order valence-corrected chi connectivity index (χ1v) is 11.8. The Bertz CT molecular complexity index is 913. The molecule has 1 aliphatic heterocycles. The van der Waals surface area contributed by atoms with E-state index in [1.807, 2.05) is 51.1 Å². The van der Waals surface area contributed by atoms with Crippen LogP contribution in [0.25, 0.3) is 0 Å². The van der Waals surface area contributed by atoms with Crippen molar-refractivity contribution in [2.75, 3.05) is 5.75 Å². The zero-order valence-electron chi connectivity index (χ0n) is 16.7. The van der Waals surface area contributed by atoms with E-state index >= 15 is 0 Å². The van der Waals surface area contributed by atoms with Crippen LogP contribution in [-0.4, -0.2) is 14.7 Å². The maximum Gasteiger partial charge on any atom is 0.146 e. The molecule has 2 nitrogen and oxygen atoms in total. The summed E-state index contributed by atoms with van der Waals surface area (Å²) in [6.45, 7) is 10.1. The second kappa shape index (κ2) is 7.73. The molecule has 0 radical (unpaired) electrons. The van der Waals surface area contributed by atoms with Crippen molar-refractivity contribution in [1.29, 1.82) is 0 Å². The fourth-order valence-electron chi connectivity index (χ4n) is 3.98. The molecule has 1 heterocycles. The molecule has 6 heteroatoms. The highest BCUT2D eigenvalue weighted by atomic mass is 79.9. The SMILES string of the molecule is CC(C[S@](=O)C(C)(C)C)[C@]1(c2ccccc2)Oc2cc(F)c(Cl)c(Br)c2[C@@H]1C. The molecule has 0 aromatic heterocycles. The second-order valence-electron chi connectivity index (χ2n) is 8.41. The molecule has 4 atom stereocenters. The van der Waals surface area contributed by atoms with Crippen molar-refractivity contribution < 1.29 is 13.3 Å². The summed E-state index contributed by atoms with van der Waals surface area (Å²) >= 11 is 9.63. The van der Waals surface area contributed by atoms with E-state index in [9.17, 15) is 8.60 Å². The third-order valence-corrected chi connectivity index (χ3v) is 9.15. The quantitative estimate of drug-likeness (QED) is 0.442. The van der Waals surface area contributed by atoms with Gasteiger partial charge in [0.1, 0.15) is 17.2 Å². The van der Waals surface area contributed by atoms with Gasteiger partial charge >= 0.3 is 0 Å². The van der Waals surface area contributed by atoms with Crippen molar-refractivity contribution in [3.8, 4) is 5.75 Å². The summed E-state index contributed by atoms with van der Waals surface area (Å²) in [6, 6.07) is 11.3. The fraction of sp³-hybridized carbons (Fsp3) is 0.455. The molecule has 1 unspecified atom stereocenters. The zero-order valence-corrected chi connectivity index (χ0v) is 19.8. The van der Waals surface area contributed by atoms with Crippen LogP contribution in [-0.2, 0) is 16.4 Å². The Hall–Kier alpha value is -0.910. The minimum atomic E-state index is -1.05. The van der Waals surface area contributed by atoms with Gasteiger partial charge in [0.25, 0.3) is 0 Å². The third-order valence-electron chi connectivity index (χ3n) is 5.56. The predicted octanol–water partition coefficient (Wildman–Crippen LogP) is 6.82. The van der Waals surface area contributed by atoms with Crippen LogP contribution in [0.3, 0.4) is 0 Å². The lowest BCUT2D eigenvalue weighted by molar-refractivity contribution is 0.0219. The molecule has 0 spiro atoms. The Morgan fingerprint density at radius 2 is 1.93 bits per heavy atom. The second-order valence-corrected chi connectivity index (χ2v) is 11.8. The highest BCUT2D eigenvalue weighted by Gasteiger charge is 2.53. The van der Waals surface area contributed by atoms with Crippen LogP contribution in [0.15, 0.2) is 40.9 Å². The maximum atomic E-state index is 14.3. The van der Waals surface area contributed by atoms with E-state index in [1.54, 1.807) is 0 Å². The van der Waals surface area contributed by atoms with E-state index in [0.29, 0.717) is 16.0 Å². The molecule has 3 rings (SSSR count). The molecule has 0 bridgehead atoms. The maximum absolute atomic E-state index is 14.3. The Morgan fingerprint density at radius 3 is 2.50 bits per heavy atom. The van der Waals surface area contributed by atoms with Gasteiger partial charge in [-0.15, -0.1) is 0 Å². The topological polar surface area (TPSA) is 26.3 Å². The summed E-state index contributed by atoms with van der Waals surface area (Å²) in [6.07, 6.45) is 0. The number of ether oxygens (including phenoxy) is 1. The van der Waals surface area contributed by atoms with E-state index in [1.165, 1.54) is 6.07 Å². The van der Waals surface area contributed by atoms with Gasteiger partial charge < -0.3 is 4.74 Å². The molecule has 0 aliphatic carbocycles. The highest BCUT2D eigenvalue weighted by Crippen LogP contribution is 2.57. The lowest BCUT2D eigenvalue weighted by Gasteiger charge is -2.40. The summed E-state index contributed by atoms with van der Waals surface area (Å²) in [4.78, 5) is 0. The van der Waals surface area contributed by atoms with E-state index in [-0.39, 0.29) is 21.6 Å². The van der Waals surface area contributed by atoms with Crippen molar-refractivity contribution in [3.63, 3.8) is 0 Å². The Kier molecular flexibility index (Phi) is 6.02. The van der Waals surface area contributed by atoms with Crippen LogP contribution in [0.4, 0.5) is 4.39 Å². The van der Waals surface area contributed by atoms with Crippen LogP contribution in [0.1, 0.15) is 51.7 Å². The van der Waals surface area contributed by atoms with Crippen LogP contribution in [0.5, 0.6) is 5.75 Å². The van der Waals surface area contributed by atoms with E-state index in [2.05, 4.69) is 29.8 Å². The minimum Gasteiger partial charge on any atom is -0.481 e. The van der Waals surface area contributed by atoms with Gasteiger partial charge in [-0.25, -0.2) is 4.39 Å². The number of fused-ring (bicyclic) bond motifs is 1. The van der Waals surface area contributed by atoms with Gasteiger partial charge in [0.05, 0.1) is 5.02 Å². The molecule has 2 aromatic rings. The molecule has 0 saturated heterocycles. The number of hydrogen-bond donors (Lipinski definition) is 0. The van der Waals surface area contributed by atoms with E-state index in [0.717, 1.165) is 11.1 Å². The average molecular weight is 488 g/mol. The summed E-state index contributed by atoms with van der Waals surface area (Å²) in [5.74, 6) is 0.258. The molecule has 1 aliphatic rings. The first kappa shape index (κ1) is 21.8. The van der Waals surface area contributed by atoms with Gasteiger partial charge in [0.2, 0.25) is 0 Å². The largest absolute Gasteiger partial charge is 0.481 e. The molecular weight excluding hydrogens is 463 g/mol. The van der Waals surface area contributed by atoms with Gasteiger partial charge in [-0.3, -0.25) is 4.21 Å². The first-order valence-electron chi connectivity index (χ1n) is 9.30. The number of benzene rings is 2. The molecule has 0 N–H and O–H groups in total. The average Bonchev–Trinajstić information content (AvgIpc) is 2.93. The van der Waals surface area contributed by atoms with Crippen LogP contribution in [0.2, 0.25) is 5.02 Å². The van der Waals surface area contributed by atoms with Gasteiger partial charge in [-0.05, 0) is 42.3 Å². The van der Waals surface area contributed by atoms with Crippen molar-refractivity contribution in [3.05, 3.63) is 62.8 Å². The lowest BCUT2D eigenvalue weighted by atomic mass is 9.73. The van der Waals surface area contributed by atoms with Crippen LogP contribution in [0, 0.1) is 11.7 Å². The van der Waals surface area contributed by atoms with E-state index < -0.39 is 22.2 Å². The number of halogens is 3. The van der Waals surface area contributed by atoms with Gasteiger partial charge in [0, 0.05) is 49.2 Å². The summed E-state index contributed by atoms with van der Waals surface area (Å²) in [5, 5.41) is 0.0592. The van der Waals surface area contributed by atoms with Crippen molar-refractivity contribution >= 4 is 38.3 Å². The first-order chi connectivity index (χ1) is 13.0. The fourth-order valence-corrected chi connectivity index (χ4v) is 6.07. The van der Waals surface area contributed by atoms with Crippen molar-refractivity contribution in [1.82, 2.24) is 0 Å². The van der Waals surface area contributed by atoms with Gasteiger partial charge in [-0.2, -0.15) is 0 Å². The minimum absolute atomic E-state index is 0.0592. The van der Waals surface area contributed by atoms with Crippen molar-refractivity contribution in [2.45, 2.75) is 50.9 Å². The number of hydrogen-bond acceptors (Lipinski definition) is 2. The summed E-state index contributed by atoms with van der Waals surface area (Å²) in [5.41, 5.74) is 1.08. The Balaban J connectivity index is 2.15. The lowest BCUT2D eigenvalue weighted by Crippen LogP contribution is -2.44. The molecule has 28 heavy (non-hydrogen) atoms. The molecule has 0 amide bonds. The molecular formula is C22H25BrClFO2S. The summed E-state index contributed by atoms with van der Waals surface area (Å²) in [7, 11) is -1.05. The molecule has 152 valence electrons. The zero-order chi connectivity index (χ0) is 20.9. The molecule has 2 aromatic carbocycles. The van der Waals surface area contributed by atoms with E-state index in [4.69, 9.17) is 16.3 Å². The normalized spacial score (nSPS) is 23.8. The highest BCUT2D eigenvalue weighted by molar-refractivity contribution is 9.10. The standard InChI is InChI=1S/C22H25BrClFO2S/c1-13(12-28(26)21(3,4)5)22(15-9-7-6-8-10-15)14(2)18-17(27-22)11-16(25)20(24)19(18)23/h6-11,13-14H,12H2,1-5H3/t13?,14-,22-,28-/m0/s1. The summed E-state index contributed by atoms with van der Waals surface area (Å²) < 4.78 is 33.9. The Morgan fingerprint density at radius 1 is 1.32 bits per heavy atom. The van der Waals surface area contributed by atoms with Crippen LogP contribution >= 0.6 is 27.5 Å². The van der Waals surface area contributed by atoms with Crippen LogP contribution < -0.4 is 4.74 Å². The number of rotatable bonds is 4. The molecule has 0 fully saturated rings. The molecule has 0 saturated carbocycles. The van der Waals surface area contributed by atoms with Gasteiger partial charge in [-0.1, -0.05) is 55.8 Å². The van der Waals surface area contributed by atoms with Crippen molar-refractivity contribution in [2.24, 2.45) is 5.92 Å². The Labute approximate surface area is 182 Å². The monoisotopic (exact) mass is 486 g/mol. The van der Waals surface area contributed by atoms with Gasteiger partial charge in [0.15, 0.2) is 0 Å². The third kappa shape index (κ3) is 3.54. The predicted molar refractivity (Wildman–Crippen MR) is 118 cm³/mol. The smallest absolute Gasteiger partial charge is 0.146 e.